The second-order valence-electron chi connectivity index (χ2n) is 5.28. The highest BCUT2D eigenvalue weighted by atomic mass is 32.2. The van der Waals surface area contributed by atoms with Crippen LogP contribution in [0.3, 0.4) is 0 Å². The topological polar surface area (TPSA) is 73.9 Å². The van der Waals surface area contributed by atoms with E-state index in [1.807, 2.05) is 20.1 Å². The lowest BCUT2D eigenvalue weighted by Gasteiger charge is -2.36. The Hall–Kier alpha value is -1.11. The molecule has 0 aliphatic heterocycles. The van der Waals surface area contributed by atoms with E-state index in [9.17, 15) is 5.11 Å². The number of rotatable bonds is 7. The van der Waals surface area contributed by atoms with Gasteiger partial charge in [-0.05, 0) is 6.26 Å². The Labute approximate surface area is 130 Å². The molecule has 21 heavy (non-hydrogen) atoms. The zero-order valence-electron chi connectivity index (χ0n) is 13.5. The number of hydrogen-bond donors (Lipinski definition) is 2. The van der Waals surface area contributed by atoms with Crippen molar-refractivity contribution in [3.8, 4) is 17.2 Å². The Morgan fingerprint density at radius 3 is 1.90 bits per heavy atom. The van der Waals surface area contributed by atoms with E-state index in [1.54, 1.807) is 33.5 Å². The minimum atomic E-state index is -0.684. The second kappa shape index (κ2) is 7.24. The van der Waals surface area contributed by atoms with Crippen LogP contribution in [0.25, 0.3) is 0 Å². The highest BCUT2D eigenvalue weighted by Gasteiger charge is 2.38. The summed E-state index contributed by atoms with van der Waals surface area (Å²) in [5.74, 6) is 1.89. The molecule has 1 aromatic rings. The van der Waals surface area contributed by atoms with Crippen LogP contribution in [0.5, 0.6) is 17.2 Å². The molecular formula is C15H25NO4S. The molecule has 0 fully saturated rings. The summed E-state index contributed by atoms with van der Waals surface area (Å²) >= 11 is 1.31. The molecule has 0 saturated heterocycles. The van der Waals surface area contributed by atoms with Crippen molar-refractivity contribution in [3.63, 3.8) is 0 Å². The molecular weight excluding hydrogens is 290 g/mol. The molecule has 5 nitrogen and oxygen atoms in total. The van der Waals surface area contributed by atoms with Gasteiger partial charge < -0.3 is 25.1 Å². The minimum absolute atomic E-state index is 0.483. The number of thioether (sulfide) groups is 1. The molecule has 0 saturated carbocycles. The van der Waals surface area contributed by atoms with Crippen LogP contribution in [0.4, 0.5) is 0 Å². The zero-order chi connectivity index (χ0) is 16.2. The summed E-state index contributed by atoms with van der Waals surface area (Å²) in [6.45, 7) is 3.92. The first-order valence-corrected chi connectivity index (χ1v) is 7.89. The third kappa shape index (κ3) is 3.56. The van der Waals surface area contributed by atoms with Crippen LogP contribution in [-0.4, -0.2) is 44.2 Å². The van der Waals surface area contributed by atoms with Crippen LogP contribution < -0.4 is 19.9 Å². The normalized spacial score (nSPS) is 14.5. The molecule has 0 amide bonds. The molecule has 1 rings (SSSR count). The molecule has 2 atom stereocenters. The van der Waals surface area contributed by atoms with Gasteiger partial charge in [0.15, 0.2) is 0 Å². The van der Waals surface area contributed by atoms with Crippen molar-refractivity contribution in [1.29, 1.82) is 0 Å². The predicted molar refractivity (Wildman–Crippen MR) is 86.6 cm³/mol. The summed E-state index contributed by atoms with van der Waals surface area (Å²) in [6, 6.07) is 3.10. The Morgan fingerprint density at radius 1 is 1.10 bits per heavy atom. The summed E-state index contributed by atoms with van der Waals surface area (Å²) in [5, 5.41) is 10.1. The van der Waals surface area contributed by atoms with Crippen molar-refractivity contribution in [2.75, 3.05) is 27.6 Å². The fourth-order valence-corrected chi connectivity index (χ4v) is 2.94. The number of nitrogens with two attached hydrogens (primary N) is 1. The molecule has 3 N–H and O–H groups in total. The lowest BCUT2D eigenvalue weighted by molar-refractivity contribution is 0.185. The van der Waals surface area contributed by atoms with Gasteiger partial charge in [0, 0.05) is 29.2 Å². The van der Waals surface area contributed by atoms with E-state index in [4.69, 9.17) is 19.9 Å². The van der Waals surface area contributed by atoms with Crippen LogP contribution in [0.2, 0.25) is 0 Å². The third-order valence-corrected chi connectivity index (χ3v) is 4.52. The first kappa shape index (κ1) is 17.9. The zero-order valence-corrected chi connectivity index (χ0v) is 14.3. The van der Waals surface area contributed by atoms with Crippen LogP contribution in [0.1, 0.15) is 19.4 Å². The van der Waals surface area contributed by atoms with Gasteiger partial charge in [0.25, 0.3) is 0 Å². The molecule has 6 heteroatoms. The lowest BCUT2D eigenvalue weighted by Crippen LogP contribution is -2.48. The van der Waals surface area contributed by atoms with E-state index in [0.717, 1.165) is 5.56 Å². The van der Waals surface area contributed by atoms with Crippen LogP contribution >= 0.6 is 11.8 Å². The standard InChI is InChI=1S/C15H25NO4S/c1-15(2,13(16)14(17)21-6)12-10(19-4)7-9(18-3)8-11(12)20-5/h7-8,13-14,17H,16H2,1-6H3/t13-,14?/m1/s1. The largest absolute Gasteiger partial charge is 0.496 e. The van der Waals surface area contributed by atoms with Gasteiger partial charge in [-0.3, -0.25) is 0 Å². The summed E-state index contributed by atoms with van der Waals surface area (Å²) in [4.78, 5) is 0. The Morgan fingerprint density at radius 2 is 1.57 bits per heavy atom. The summed E-state index contributed by atoms with van der Waals surface area (Å²) in [5.41, 5.74) is 5.82. The van der Waals surface area contributed by atoms with E-state index in [-0.39, 0.29) is 0 Å². The highest BCUT2D eigenvalue weighted by molar-refractivity contribution is 7.99. The molecule has 1 unspecified atom stereocenters. The number of aliphatic hydroxyl groups excluding tert-OH is 1. The van der Waals surface area contributed by atoms with Gasteiger partial charge in [-0.1, -0.05) is 13.8 Å². The first-order chi connectivity index (χ1) is 9.83. The fourth-order valence-electron chi connectivity index (χ4n) is 2.31. The quantitative estimate of drug-likeness (QED) is 0.750. The van der Waals surface area contributed by atoms with E-state index in [1.165, 1.54) is 11.8 Å². The average molecular weight is 315 g/mol. The van der Waals surface area contributed by atoms with E-state index in [2.05, 4.69) is 0 Å². The minimum Gasteiger partial charge on any atom is -0.496 e. The smallest absolute Gasteiger partial charge is 0.130 e. The van der Waals surface area contributed by atoms with Crippen molar-refractivity contribution in [2.45, 2.75) is 30.7 Å². The third-order valence-electron chi connectivity index (χ3n) is 3.74. The van der Waals surface area contributed by atoms with Crippen molar-refractivity contribution < 1.29 is 19.3 Å². The highest BCUT2D eigenvalue weighted by Crippen LogP contribution is 2.44. The average Bonchev–Trinajstić information content (AvgIpc) is 2.51. The monoisotopic (exact) mass is 315 g/mol. The van der Waals surface area contributed by atoms with Crippen LogP contribution in [0.15, 0.2) is 12.1 Å². The van der Waals surface area contributed by atoms with Crippen molar-refractivity contribution in [2.24, 2.45) is 5.73 Å². The molecule has 0 spiro atoms. The Kier molecular flexibility index (Phi) is 6.19. The van der Waals surface area contributed by atoms with Gasteiger partial charge >= 0.3 is 0 Å². The van der Waals surface area contributed by atoms with E-state index < -0.39 is 16.9 Å². The first-order valence-electron chi connectivity index (χ1n) is 6.60. The number of benzene rings is 1. The van der Waals surface area contributed by atoms with Gasteiger partial charge in [-0.2, -0.15) is 0 Å². The number of ether oxygens (including phenoxy) is 3. The maximum Gasteiger partial charge on any atom is 0.130 e. The van der Waals surface area contributed by atoms with Gasteiger partial charge in [0.05, 0.1) is 21.3 Å². The fraction of sp³-hybridized carbons (Fsp3) is 0.600. The van der Waals surface area contributed by atoms with Gasteiger partial charge in [-0.25, -0.2) is 0 Å². The molecule has 0 radical (unpaired) electrons. The molecule has 1 aromatic carbocycles. The number of methoxy groups -OCH3 is 3. The summed E-state index contributed by atoms with van der Waals surface area (Å²) in [7, 11) is 4.76. The second-order valence-corrected chi connectivity index (χ2v) is 6.24. The number of hydrogen-bond acceptors (Lipinski definition) is 6. The van der Waals surface area contributed by atoms with Crippen LogP contribution in [-0.2, 0) is 5.41 Å². The van der Waals surface area contributed by atoms with E-state index >= 15 is 0 Å². The van der Waals surface area contributed by atoms with Gasteiger partial charge in [0.1, 0.15) is 22.7 Å². The maximum absolute atomic E-state index is 10.1. The van der Waals surface area contributed by atoms with Crippen molar-refractivity contribution in [1.82, 2.24) is 0 Å². The molecule has 0 bridgehead atoms. The molecule has 120 valence electrons. The Balaban J connectivity index is 3.45. The van der Waals surface area contributed by atoms with Gasteiger partial charge in [0.2, 0.25) is 0 Å². The summed E-state index contributed by atoms with van der Waals surface area (Å²) < 4.78 is 16.2. The van der Waals surface area contributed by atoms with E-state index in [0.29, 0.717) is 17.2 Å². The Bertz CT molecular complexity index is 454. The molecule has 0 aliphatic carbocycles. The van der Waals surface area contributed by atoms with Crippen molar-refractivity contribution in [3.05, 3.63) is 17.7 Å². The number of aliphatic hydroxyl groups is 1. The maximum atomic E-state index is 10.1. The van der Waals surface area contributed by atoms with Gasteiger partial charge in [-0.15, -0.1) is 11.8 Å². The molecule has 0 heterocycles. The SMILES string of the molecule is COc1cc(OC)c(C(C)(C)[C@H](N)C(O)SC)c(OC)c1. The van der Waals surface area contributed by atoms with Crippen LogP contribution in [0, 0.1) is 0 Å². The molecule has 0 aliphatic rings. The molecule has 0 aromatic heterocycles. The lowest BCUT2D eigenvalue weighted by atomic mass is 9.77. The summed E-state index contributed by atoms with van der Waals surface area (Å²) in [6.07, 6.45) is 1.82. The predicted octanol–water partition coefficient (Wildman–Crippen LogP) is 2.00. The van der Waals surface area contributed by atoms with Crippen molar-refractivity contribution >= 4 is 11.8 Å².